The molecule has 3 rings (SSSR count). The molecule has 0 N–H and O–H groups in total. The van der Waals surface area contributed by atoms with Gasteiger partial charge >= 0.3 is 5.97 Å². The molecule has 1 aromatic carbocycles. The molecule has 5 heteroatoms. The minimum Gasteiger partial charge on any atom is -0.461 e. The van der Waals surface area contributed by atoms with E-state index in [1.54, 1.807) is 0 Å². The van der Waals surface area contributed by atoms with E-state index in [1.165, 1.54) is 0 Å². The Morgan fingerprint density at radius 1 is 1.15 bits per heavy atom. The number of nitrogens with zero attached hydrogens (tertiary/aromatic N) is 1. The normalized spacial score (nSPS) is 26.8. The van der Waals surface area contributed by atoms with Crippen molar-refractivity contribution >= 4 is 37.8 Å². The van der Waals surface area contributed by atoms with E-state index in [4.69, 9.17) is 4.74 Å². The molecule has 3 nitrogen and oxygen atoms in total. The lowest BCUT2D eigenvalue weighted by Gasteiger charge is -2.37. The van der Waals surface area contributed by atoms with Crippen molar-refractivity contribution in [2.24, 2.45) is 0 Å². The van der Waals surface area contributed by atoms with E-state index >= 15 is 0 Å². The summed E-state index contributed by atoms with van der Waals surface area (Å²) >= 11 is 7.42. The Kier molecular flexibility index (Phi) is 6.41. The predicted molar refractivity (Wildman–Crippen MR) is 113 cm³/mol. The average molecular weight is 484 g/mol. The molecule has 3 unspecified atom stereocenters. The van der Waals surface area contributed by atoms with Crippen molar-refractivity contribution in [1.82, 2.24) is 0 Å². The molecule has 1 aliphatic heterocycles. The first kappa shape index (κ1) is 19.8. The molecule has 0 spiro atoms. The summed E-state index contributed by atoms with van der Waals surface area (Å²) in [6, 6.07) is 9.94. The van der Waals surface area contributed by atoms with Gasteiger partial charge in [0.05, 0.1) is 32.0 Å². The number of allylic oxidation sites excluding steroid dienone is 3. The van der Waals surface area contributed by atoms with Gasteiger partial charge in [-0.3, -0.25) is 4.79 Å². The van der Waals surface area contributed by atoms with Crippen LogP contribution in [0, 0.1) is 0 Å². The summed E-state index contributed by atoms with van der Waals surface area (Å²) < 4.78 is 6.99. The summed E-state index contributed by atoms with van der Waals surface area (Å²) in [5.74, 6) is -0.519. The maximum atomic E-state index is 13.2. The third-order valence-corrected chi connectivity index (χ3v) is 7.92. The first-order valence-corrected chi connectivity index (χ1v) is 10.9. The largest absolute Gasteiger partial charge is 0.461 e. The van der Waals surface area contributed by atoms with E-state index in [0.29, 0.717) is 0 Å². The molecule has 1 fully saturated rings. The highest BCUT2D eigenvalue weighted by molar-refractivity contribution is 9.12. The third kappa shape index (κ3) is 4.68. The second-order valence-corrected chi connectivity index (χ2v) is 9.80. The Labute approximate surface area is 172 Å². The maximum Gasteiger partial charge on any atom is 0.317 e. The van der Waals surface area contributed by atoms with Gasteiger partial charge in [0.2, 0.25) is 0 Å². The van der Waals surface area contributed by atoms with Crippen LogP contribution in [0.3, 0.4) is 0 Å². The number of hydrogen-bond acceptors (Lipinski definition) is 2. The number of likely N-dealkylation sites (tertiary alicyclic amines) is 1. The van der Waals surface area contributed by atoms with Crippen molar-refractivity contribution in [3.8, 4) is 0 Å². The zero-order chi connectivity index (χ0) is 18.7. The number of ether oxygens (including phenoxy) is 1. The molecule has 26 heavy (non-hydrogen) atoms. The van der Waals surface area contributed by atoms with Crippen molar-refractivity contribution in [2.45, 2.75) is 34.5 Å². The summed E-state index contributed by atoms with van der Waals surface area (Å²) in [5.41, 5.74) is 2.02. The Morgan fingerprint density at radius 2 is 1.81 bits per heavy atom. The van der Waals surface area contributed by atoms with E-state index in [2.05, 4.69) is 52.0 Å². The fraction of sp³-hybridized carbons (Fsp3) is 0.476. The highest BCUT2D eigenvalue weighted by atomic mass is 79.9. The molecule has 140 valence electrons. The van der Waals surface area contributed by atoms with Crippen LogP contribution in [-0.4, -0.2) is 53.4 Å². The van der Waals surface area contributed by atoms with Crippen LogP contribution in [0.5, 0.6) is 0 Å². The van der Waals surface area contributed by atoms with E-state index in [-0.39, 0.29) is 27.6 Å². The molecule has 0 radical (unpaired) electrons. The van der Waals surface area contributed by atoms with Crippen LogP contribution < -0.4 is 0 Å². The van der Waals surface area contributed by atoms with Gasteiger partial charge in [-0.2, -0.15) is 0 Å². The van der Waals surface area contributed by atoms with Gasteiger partial charge in [-0.1, -0.05) is 80.4 Å². The quantitative estimate of drug-likeness (QED) is 0.356. The van der Waals surface area contributed by atoms with Gasteiger partial charge in [0.15, 0.2) is 0 Å². The van der Waals surface area contributed by atoms with Gasteiger partial charge in [-0.05, 0) is 11.1 Å². The monoisotopic (exact) mass is 482 g/mol. The minimum absolute atomic E-state index is 0.0214. The Hall–Kier alpha value is -0.910. The van der Waals surface area contributed by atoms with Gasteiger partial charge in [0.25, 0.3) is 0 Å². The predicted octanol–water partition coefficient (Wildman–Crippen LogP) is 4.58. The number of carbonyl (C=O) groups excluding carboxylic acids is 1. The van der Waals surface area contributed by atoms with Crippen LogP contribution in [0.2, 0.25) is 0 Å². The lowest BCUT2D eigenvalue weighted by Crippen LogP contribution is -2.48. The number of halogens is 2. The molecule has 1 aliphatic carbocycles. The molecule has 1 saturated heterocycles. The summed E-state index contributed by atoms with van der Waals surface area (Å²) in [6.45, 7) is 2.09. The smallest absolute Gasteiger partial charge is 0.317 e. The summed E-state index contributed by atoms with van der Waals surface area (Å²) in [4.78, 5) is 13.4. The molecule has 0 saturated carbocycles. The highest BCUT2D eigenvalue weighted by Gasteiger charge is 2.36. The second kappa shape index (κ2) is 8.41. The number of benzene rings is 1. The number of piperidine rings is 1. The zero-order valence-electron chi connectivity index (χ0n) is 15.3. The molecule has 2 aliphatic rings. The van der Waals surface area contributed by atoms with Crippen molar-refractivity contribution in [2.75, 3.05) is 27.2 Å². The Balaban J connectivity index is 1.81. The molecular weight excluding hydrogens is 458 g/mol. The van der Waals surface area contributed by atoms with Gasteiger partial charge < -0.3 is 9.22 Å². The van der Waals surface area contributed by atoms with Crippen LogP contribution in [0.15, 0.2) is 54.1 Å². The average Bonchev–Trinajstić information content (AvgIpc) is 2.62. The number of carbonyl (C=O) groups is 1. The molecule has 0 aromatic heterocycles. The van der Waals surface area contributed by atoms with Gasteiger partial charge in [-0.15, -0.1) is 0 Å². The standard InChI is InChI=1S/C21H26Br2NO2/c1-24(2)13-11-16(12-14-24)26-21(25)19(15-7-4-3-5-8-15)17-9-6-10-18(22)20(17)23/h3-10,16,18-20H,11-14H2,1-2H3/q+1. The molecule has 1 heterocycles. The lowest BCUT2D eigenvalue weighted by atomic mass is 9.86. The van der Waals surface area contributed by atoms with E-state index in [1.807, 2.05) is 42.5 Å². The van der Waals surface area contributed by atoms with Crippen molar-refractivity contribution in [3.63, 3.8) is 0 Å². The van der Waals surface area contributed by atoms with E-state index in [0.717, 1.165) is 41.6 Å². The number of esters is 1. The van der Waals surface area contributed by atoms with Crippen molar-refractivity contribution in [1.29, 1.82) is 0 Å². The number of quaternary nitrogens is 1. The van der Waals surface area contributed by atoms with Crippen molar-refractivity contribution < 1.29 is 14.0 Å². The topological polar surface area (TPSA) is 26.3 Å². The van der Waals surface area contributed by atoms with Crippen LogP contribution in [0.4, 0.5) is 0 Å². The first-order chi connectivity index (χ1) is 12.4. The van der Waals surface area contributed by atoms with Crippen LogP contribution in [0.1, 0.15) is 24.3 Å². The number of hydrogen-bond donors (Lipinski definition) is 0. The van der Waals surface area contributed by atoms with Gasteiger partial charge in [0.1, 0.15) is 12.0 Å². The molecular formula is C21H26Br2NO2+. The molecule has 0 bridgehead atoms. The zero-order valence-corrected chi connectivity index (χ0v) is 18.4. The number of alkyl halides is 2. The summed E-state index contributed by atoms with van der Waals surface area (Å²) in [6.07, 6.45) is 8.01. The van der Waals surface area contributed by atoms with Crippen LogP contribution in [-0.2, 0) is 9.53 Å². The van der Waals surface area contributed by atoms with E-state index < -0.39 is 0 Å². The summed E-state index contributed by atoms with van der Waals surface area (Å²) in [7, 11) is 4.46. The van der Waals surface area contributed by atoms with Crippen molar-refractivity contribution in [3.05, 3.63) is 59.7 Å². The Bertz CT molecular complexity index is 689. The minimum atomic E-state index is -0.380. The van der Waals surface area contributed by atoms with Gasteiger partial charge in [0, 0.05) is 17.7 Å². The lowest BCUT2D eigenvalue weighted by molar-refractivity contribution is -0.896. The fourth-order valence-electron chi connectivity index (χ4n) is 3.60. The maximum absolute atomic E-state index is 13.2. The second-order valence-electron chi connectivity index (χ2n) is 7.76. The highest BCUT2D eigenvalue weighted by Crippen LogP contribution is 2.37. The fourth-order valence-corrected chi connectivity index (χ4v) is 4.68. The van der Waals surface area contributed by atoms with Crippen LogP contribution >= 0.6 is 31.9 Å². The van der Waals surface area contributed by atoms with Gasteiger partial charge in [-0.25, -0.2) is 0 Å². The van der Waals surface area contributed by atoms with E-state index in [9.17, 15) is 4.79 Å². The molecule has 1 aromatic rings. The molecule has 3 atom stereocenters. The summed E-state index contributed by atoms with van der Waals surface area (Å²) in [5, 5.41) is 0. The van der Waals surface area contributed by atoms with Crippen LogP contribution in [0.25, 0.3) is 0 Å². The number of rotatable bonds is 4. The molecule has 0 amide bonds. The Morgan fingerprint density at radius 3 is 2.46 bits per heavy atom. The SMILES string of the molecule is C[N+]1(C)CCC(OC(=O)C(C2=CC=CC(Br)C2Br)c2ccccc2)CC1. The first-order valence-electron chi connectivity index (χ1n) is 9.11. The third-order valence-electron chi connectivity index (χ3n) is 5.28.